The summed E-state index contributed by atoms with van der Waals surface area (Å²) in [7, 11) is 0. The molecule has 0 bridgehead atoms. The normalized spacial score (nSPS) is 18.9. The summed E-state index contributed by atoms with van der Waals surface area (Å²) < 4.78 is 80.5. The van der Waals surface area contributed by atoms with Crippen molar-refractivity contribution in [1.29, 1.82) is 0 Å². The molecule has 2 aromatic rings. The van der Waals surface area contributed by atoms with E-state index in [9.17, 15) is 5.11 Å². The van der Waals surface area contributed by atoms with Crippen LogP contribution in [0.15, 0.2) is 60.4 Å². The molecule has 0 aromatic heterocycles. The highest BCUT2D eigenvalue weighted by atomic mass is 35.5. The van der Waals surface area contributed by atoms with Crippen molar-refractivity contribution < 1.29 is 18.8 Å². The first-order valence-corrected chi connectivity index (χ1v) is 6.64. The first kappa shape index (κ1) is 7.80. The van der Waals surface area contributed by atoms with Gasteiger partial charge in [0.25, 0.3) is 0 Å². The number of benzene rings is 2. The highest BCUT2D eigenvalue weighted by Crippen LogP contribution is 2.30. The Labute approximate surface area is 148 Å². The van der Waals surface area contributed by atoms with E-state index in [-0.39, 0.29) is 35.9 Å². The van der Waals surface area contributed by atoms with Gasteiger partial charge in [0, 0.05) is 5.92 Å². The van der Waals surface area contributed by atoms with Crippen LogP contribution in [0.5, 0.6) is 0 Å². The van der Waals surface area contributed by atoms with Gasteiger partial charge in [-0.1, -0.05) is 74.3 Å². The summed E-state index contributed by atoms with van der Waals surface area (Å²) in [6, 6.07) is -5.93. The number of hydrogen-bond acceptors (Lipinski definition) is 1. The van der Waals surface area contributed by atoms with Gasteiger partial charge in [-0.15, -0.1) is 12.4 Å². The largest absolute Gasteiger partial charge is 0.392 e. The van der Waals surface area contributed by atoms with Gasteiger partial charge in [0.1, 0.15) is 0 Å². The molecule has 1 atom stereocenters. The van der Waals surface area contributed by atoms with Gasteiger partial charge in [0.15, 0.2) is 0 Å². The Morgan fingerprint density at radius 2 is 1.29 bits per heavy atom. The van der Waals surface area contributed by atoms with Gasteiger partial charge in [-0.05, 0) is 29.9 Å². The monoisotopic (exact) mass is 314 g/mol. The molecule has 0 saturated carbocycles. The van der Waals surface area contributed by atoms with Crippen LogP contribution in [0.25, 0.3) is 0 Å². The molecule has 0 radical (unpaired) electrons. The molecule has 2 rings (SSSR count). The van der Waals surface area contributed by atoms with Gasteiger partial charge in [-0.3, -0.25) is 0 Å². The van der Waals surface area contributed by atoms with Crippen LogP contribution in [-0.4, -0.2) is 11.2 Å². The highest BCUT2D eigenvalue weighted by molar-refractivity contribution is 5.85. The molecular weight excluding hydrogens is 280 g/mol. The molecule has 0 saturated heterocycles. The van der Waals surface area contributed by atoms with E-state index < -0.39 is 72.4 Å². The maximum absolute atomic E-state index is 11.0. The zero-order chi connectivity index (χ0) is 23.1. The molecule has 114 valence electrons. The number of halogens is 1. The molecule has 0 heterocycles. The van der Waals surface area contributed by atoms with Crippen LogP contribution in [0.2, 0.25) is 0 Å². The molecule has 0 aliphatic rings. The fraction of sp³-hybridized carbons (Fsp3) is 0.368. The summed E-state index contributed by atoms with van der Waals surface area (Å²) in [6.07, 6.45) is -0.624. The minimum absolute atomic E-state index is 0. The number of rotatable bonds is 6. The van der Waals surface area contributed by atoms with Crippen molar-refractivity contribution >= 4 is 12.4 Å². The van der Waals surface area contributed by atoms with E-state index in [2.05, 4.69) is 0 Å². The van der Waals surface area contributed by atoms with E-state index in [1.165, 1.54) is 0 Å². The fourth-order valence-electron chi connectivity index (χ4n) is 2.03. The van der Waals surface area contributed by atoms with Crippen molar-refractivity contribution in [3.05, 3.63) is 71.6 Å². The molecule has 21 heavy (non-hydrogen) atoms. The lowest BCUT2D eigenvalue weighted by Gasteiger charge is -2.24. The highest BCUT2D eigenvalue weighted by Gasteiger charge is 2.22. The van der Waals surface area contributed by atoms with Crippen LogP contribution in [-0.2, 0) is 0 Å². The molecule has 1 N–H and O–H groups in total. The van der Waals surface area contributed by atoms with Crippen LogP contribution in [0, 0.1) is 5.92 Å². The number of aliphatic hydroxyl groups excluding tert-OH is 1. The molecule has 1 unspecified atom stereocenters. The number of hydrogen-bond donors (Lipinski definition) is 1. The maximum atomic E-state index is 11.0. The zero-order valence-corrected chi connectivity index (χ0v) is 12.8. The lowest BCUT2D eigenvalue weighted by molar-refractivity contribution is 0.139. The third-order valence-electron chi connectivity index (χ3n) is 3.09. The predicted molar refractivity (Wildman–Crippen MR) is 92.1 cm³/mol. The van der Waals surface area contributed by atoms with Crippen molar-refractivity contribution in [3.63, 3.8) is 0 Å². The summed E-state index contributed by atoms with van der Waals surface area (Å²) in [5.41, 5.74) is -0.563. The predicted octanol–water partition coefficient (Wildman–Crippen LogP) is 5.04. The smallest absolute Gasteiger partial charge is 0.0649 e. The molecule has 2 aromatic carbocycles. The topological polar surface area (TPSA) is 20.2 Å². The number of aliphatic hydroxyl groups is 1. The van der Waals surface area contributed by atoms with E-state index in [4.69, 9.17) is 13.7 Å². The van der Waals surface area contributed by atoms with E-state index in [1.807, 2.05) is 13.8 Å². The summed E-state index contributed by atoms with van der Waals surface area (Å²) in [4.78, 5) is 0. The molecule has 0 aliphatic heterocycles. The summed E-state index contributed by atoms with van der Waals surface area (Å²) >= 11 is 0. The first-order valence-electron chi connectivity index (χ1n) is 11.6. The lowest BCUT2D eigenvalue weighted by atomic mass is 9.84. The van der Waals surface area contributed by atoms with Gasteiger partial charge >= 0.3 is 0 Å². The van der Waals surface area contributed by atoms with Crippen molar-refractivity contribution in [2.24, 2.45) is 5.92 Å². The summed E-state index contributed by atoms with van der Waals surface area (Å²) in [5, 5.41) is 11.0. The Hall–Kier alpha value is -1.31. The standard InChI is InChI=1S/C19H24O.ClH/c1-15(2)13-14-18(20)19(16-9-5-3-6-10-16)17-11-7-4-8-12-17;/h3-12,15,18-20H,13-14H2,1-2H3;1H/i3D,4D,5D,6D,7D,8D,9D,10D,11D,12D;. The summed E-state index contributed by atoms with van der Waals surface area (Å²) in [5.74, 6) is -1.19. The quantitative estimate of drug-likeness (QED) is 0.792. The van der Waals surface area contributed by atoms with E-state index in [0.717, 1.165) is 0 Å². The molecule has 0 aliphatic carbocycles. The Morgan fingerprint density at radius 3 is 1.67 bits per heavy atom. The fourth-order valence-corrected chi connectivity index (χ4v) is 2.03. The van der Waals surface area contributed by atoms with Gasteiger partial charge in [-0.2, -0.15) is 0 Å². The minimum atomic E-state index is -1.38. The minimum Gasteiger partial charge on any atom is -0.392 e. The van der Waals surface area contributed by atoms with Crippen molar-refractivity contribution in [3.8, 4) is 0 Å². The molecule has 0 amide bonds. The lowest BCUT2D eigenvalue weighted by Crippen LogP contribution is -2.20. The molecular formula is C19H25ClO. The van der Waals surface area contributed by atoms with Gasteiger partial charge < -0.3 is 5.11 Å². The van der Waals surface area contributed by atoms with Crippen LogP contribution in [0.4, 0.5) is 0 Å². The average molecular weight is 315 g/mol. The second-order valence-corrected chi connectivity index (χ2v) is 5.09. The second kappa shape index (κ2) is 8.86. The Morgan fingerprint density at radius 1 is 0.857 bits per heavy atom. The molecule has 2 heteroatoms. The van der Waals surface area contributed by atoms with Crippen molar-refractivity contribution in [1.82, 2.24) is 0 Å². The molecule has 0 fully saturated rings. The first-order chi connectivity index (χ1) is 13.8. The van der Waals surface area contributed by atoms with Crippen LogP contribution in [0.3, 0.4) is 0 Å². The molecule has 0 spiro atoms. The third kappa shape index (κ3) is 5.18. The zero-order valence-electron chi connectivity index (χ0n) is 22.0. The van der Waals surface area contributed by atoms with Crippen LogP contribution < -0.4 is 0 Å². The van der Waals surface area contributed by atoms with Crippen LogP contribution in [0.1, 0.15) is 57.4 Å². The van der Waals surface area contributed by atoms with Gasteiger partial charge in [0.05, 0.1) is 19.8 Å². The SMILES string of the molecule is Cl.[2H]c1c([2H])c([2H])c(C(c2c([2H])c([2H])c([2H])c([2H])c2[2H])C(O)CCC(C)C)c([2H])c1[2H]. The van der Waals surface area contributed by atoms with Gasteiger partial charge in [0.2, 0.25) is 0 Å². The van der Waals surface area contributed by atoms with E-state index >= 15 is 0 Å². The Bertz CT molecular complexity index is 852. The second-order valence-electron chi connectivity index (χ2n) is 5.09. The van der Waals surface area contributed by atoms with E-state index in [1.54, 1.807) is 0 Å². The summed E-state index contributed by atoms with van der Waals surface area (Å²) in [6.45, 7) is 3.85. The maximum Gasteiger partial charge on any atom is 0.0649 e. The average Bonchev–Trinajstić information content (AvgIpc) is 2.70. The van der Waals surface area contributed by atoms with Crippen LogP contribution >= 0.6 is 12.4 Å². The van der Waals surface area contributed by atoms with Crippen molar-refractivity contribution in [2.75, 3.05) is 0 Å². The Kier molecular flexibility index (Phi) is 3.29. The van der Waals surface area contributed by atoms with Gasteiger partial charge in [-0.25, -0.2) is 0 Å². The Balaban J connectivity index is 0.00000480. The van der Waals surface area contributed by atoms with Crippen molar-refractivity contribution in [2.45, 2.75) is 38.7 Å². The third-order valence-corrected chi connectivity index (χ3v) is 3.09. The van der Waals surface area contributed by atoms with E-state index in [0.29, 0.717) is 6.42 Å². The molecule has 1 nitrogen and oxygen atoms in total.